The lowest BCUT2D eigenvalue weighted by molar-refractivity contribution is -0.142. The number of aliphatic carboxylic acids is 2. The first-order chi connectivity index (χ1) is 10.8. The van der Waals surface area contributed by atoms with E-state index >= 15 is 0 Å². The number of rotatable bonds is 13. The number of aliphatic imine (C=N–C) groups is 1. The van der Waals surface area contributed by atoms with Crippen LogP contribution in [0.2, 0.25) is 0 Å². The largest absolute Gasteiger partial charge is 0.481 e. The Balaban J connectivity index is 0. The number of halogens is 1. The number of amides is 1. The molecular formula is C14H27ClN4O5. The van der Waals surface area contributed by atoms with Crippen molar-refractivity contribution in [2.24, 2.45) is 16.5 Å². The SMILES string of the molecule is Cl.NC(N)=NCCC[C@H](NC(=O)CCCCCCC(=O)O)C(=O)O. The van der Waals surface area contributed by atoms with Crippen molar-refractivity contribution < 1.29 is 24.6 Å². The summed E-state index contributed by atoms with van der Waals surface area (Å²) >= 11 is 0. The predicted molar refractivity (Wildman–Crippen MR) is 92.1 cm³/mol. The molecule has 0 spiro atoms. The number of guanidine groups is 1. The van der Waals surface area contributed by atoms with Crippen LogP contribution in [0.25, 0.3) is 0 Å². The average Bonchev–Trinajstić information content (AvgIpc) is 2.45. The molecule has 0 aliphatic heterocycles. The van der Waals surface area contributed by atoms with Crippen molar-refractivity contribution >= 4 is 36.2 Å². The maximum absolute atomic E-state index is 11.7. The molecule has 140 valence electrons. The van der Waals surface area contributed by atoms with Crippen molar-refractivity contribution in [2.75, 3.05) is 6.54 Å². The Bertz CT molecular complexity index is 427. The van der Waals surface area contributed by atoms with Gasteiger partial charge in [-0.2, -0.15) is 0 Å². The van der Waals surface area contributed by atoms with Crippen molar-refractivity contribution in [3.05, 3.63) is 0 Å². The summed E-state index contributed by atoms with van der Waals surface area (Å²) in [6.07, 6.45) is 3.71. The third kappa shape index (κ3) is 14.9. The summed E-state index contributed by atoms with van der Waals surface area (Å²) in [6, 6.07) is -0.955. The lowest BCUT2D eigenvalue weighted by atomic mass is 10.1. The number of nitrogens with zero attached hydrogens (tertiary/aromatic N) is 1. The second-order valence-corrected chi connectivity index (χ2v) is 5.22. The molecule has 1 atom stereocenters. The third-order valence-corrected chi connectivity index (χ3v) is 3.12. The van der Waals surface area contributed by atoms with Gasteiger partial charge in [0.25, 0.3) is 0 Å². The van der Waals surface area contributed by atoms with Gasteiger partial charge in [0.15, 0.2) is 5.96 Å². The Morgan fingerprint density at radius 1 is 0.958 bits per heavy atom. The Labute approximate surface area is 147 Å². The second-order valence-electron chi connectivity index (χ2n) is 5.22. The van der Waals surface area contributed by atoms with Gasteiger partial charge in [-0.25, -0.2) is 4.79 Å². The summed E-state index contributed by atoms with van der Waals surface area (Å²) in [5.74, 6) is -2.29. The molecule has 0 unspecified atom stereocenters. The number of carbonyl (C=O) groups excluding carboxylic acids is 1. The molecule has 9 nitrogen and oxygen atoms in total. The van der Waals surface area contributed by atoms with Crippen LogP contribution in [-0.4, -0.2) is 46.6 Å². The van der Waals surface area contributed by atoms with E-state index in [1.54, 1.807) is 0 Å². The van der Waals surface area contributed by atoms with Crippen LogP contribution in [0.4, 0.5) is 0 Å². The first kappa shape index (κ1) is 24.2. The quantitative estimate of drug-likeness (QED) is 0.179. The molecule has 0 radical (unpaired) electrons. The van der Waals surface area contributed by atoms with Crippen LogP contribution in [0.1, 0.15) is 51.4 Å². The van der Waals surface area contributed by atoms with Crippen LogP contribution in [0.3, 0.4) is 0 Å². The van der Waals surface area contributed by atoms with Crippen molar-refractivity contribution in [1.82, 2.24) is 5.32 Å². The van der Waals surface area contributed by atoms with E-state index in [0.717, 1.165) is 12.8 Å². The summed E-state index contributed by atoms with van der Waals surface area (Å²) < 4.78 is 0. The molecule has 0 aliphatic rings. The van der Waals surface area contributed by atoms with Crippen molar-refractivity contribution in [3.63, 3.8) is 0 Å². The van der Waals surface area contributed by atoms with E-state index in [1.165, 1.54) is 0 Å². The molecule has 0 fully saturated rings. The fraction of sp³-hybridized carbons (Fsp3) is 0.714. The molecule has 0 bridgehead atoms. The molecule has 1 amide bonds. The van der Waals surface area contributed by atoms with Crippen LogP contribution in [0.15, 0.2) is 4.99 Å². The zero-order valence-electron chi connectivity index (χ0n) is 13.6. The minimum atomic E-state index is -1.09. The van der Waals surface area contributed by atoms with Crippen molar-refractivity contribution in [1.29, 1.82) is 0 Å². The highest BCUT2D eigenvalue weighted by Crippen LogP contribution is 2.06. The van der Waals surface area contributed by atoms with Gasteiger partial charge in [-0.05, 0) is 25.7 Å². The van der Waals surface area contributed by atoms with Gasteiger partial charge in [0.05, 0.1) is 0 Å². The van der Waals surface area contributed by atoms with Gasteiger partial charge in [0.1, 0.15) is 6.04 Å². The van der Waals surface area contributed by atoms with Gasteiger partial charge in [-0.3, -0.25) is 14.6 Å². The average molecular weight is 367 g/mol. The number of nitrogens with one attached hydrogen (secondary N) is 1. The van der Waals surface area contributed by atoms with Gasteiger partial charge in [-0.1, -0.05) is 12.8 Å². The zero-order chi connectivity index (χ0) is 17.7. The van der Waals surface area contributed by atoms with Crippen LogP contribution >= 0.6 is 12.4 Å². The first-order valence-electron chi connectivity index (χ1n) is 7.62. The van der Waals surface area contributed by atoms with E-state index in [0.29, 0.717) is 25.8 Å². The second kappa shape index (κ2) is 14.6. The van der Waals surface area contributed by atoms with E-state index in [-0.39, 0.29) is 43.5 Å². The van der Waals surface area contributed by atoms with Gasteiger partial charge >= 0.3 is 11.9 Å². The number of carboxylic acid groups (broad SMARTS) is 2. The minimum absolute atomic E-state index is 0. The summed E-state index contributed by atoms with van der Waals surface area (Å²) in [5.41, 5.74) is 10.3. The molecule has 0 heterocycles. The number of carbonyl (C=O) groups is 3. The maximum atomic E-state index is 11.7. The fourth-order valence-corrected chi connectivity index (χ4v) is 1.94. The number of hydrogen-bond donors (Lipinski definition) is 5. The minimum Gasteiger partial charge on any atom is -0.481 e. The topological polar surface area (TPSA) is 168 Å². The Morgan fingerprint density at radius 3 is 2.04 bits per heavy atom. The molecule has 24 heavy (non-hydrogen) atoms. The van der Waals surface area contributed by atoms with Crippen LogP contribution in [0, 0.1) is 0 Å². The van der Waals surface area contributed by atoms with Crippen molar-refractivity contribution in [2.45, 2.75) is 57.4 Å². The van der Waals surface area contributed by atoms with Gasteiger partial charge in [0.2, 0.25) is 5.91 Å². The summed E-state index contributed by atoms with van der Waals surface area (Å²) in [4.78, 5) is 36.9. The highest BCUT2D eigenvalue weighted by Gasteiger charge is 2.18. The lowest BCUT2D eigenvalue weighted by Crippen LogP contribution is -2.40. The number of nitrogens with two attached hydrogens (primary N) is 2. The standard InChI is InChI=1S/C14H26N4O5.ClH/c15-14(16)17-9-5-6-10(13(22)23)18-11(19)7-3-1-2-4-8-12(20)21;/h10H,1-9H2,(H,18,19)(H,20,21)(H,22,23)(H4,15,16,17);1H/t10-;/m0./s1. The number of unbranched alkanes of at least 4 members (excludes halogenated alkanes) is 3. The highest BCUT2D eigenvalue weighted by molar-refractivity contribution is 5.85. The van der Waals surface area contributed by atoms with Gasteiger partial charge in [0, 0.05) is 19.4 Å². The number of hydrogen-bond acceptors (Lipinski definition) is 4. The molecular weight excluding hydrogens is 340 g/mol. The molecule has 0 aliphatic carbocycles. The van der Waals surface area contributed by atoms with Gasteiger partial charge < -0.3 is 27.0 Å². The normalized spacial score (nSPS) is 11.0. The molecule has 0 rings (SSSR count). The van der Waals surface area contributed by atoms with Crippen LogP contribution < -0.4 is 16.8 Å². The summed E-state index contributed by atoms with van der Waals surface area (Å²) in [5, 5.41) is 20.0. The van der Waals surface area contributed by atoms with E-state index in [4.69, 9.17) is 21.7 Å². The van der Waals surface area contributed by atoms with E-state index in [1.807, 2.05) is 0 Å². The van der Waals surface area contributed by atoms with Crippen LogP contribution in [0.5, 0.6) is 0 Å². The monoisotopic (exact) mass is 366 g/mol. The van der Waals surface area contributed by atoms with E-state index < -0.39 is 18.0 Å². The molecule has 0 aromatic carbocycles. The Kier molecular flexibility index (Phi) is 14.7. The molecule has 0 saturated carbocycles. The third-order valence-electron chi connectivity index (χ3n) is 3.12. The summed E-state index contributed by atoms with van der Waals surface area (Å²) in [7, 11) is 0. The molecule has 7 N–H and O–H groups in total. The van der Waals surface area contributed by atoms with Crippen molar-refractivity contribution in [3.8, 4) is 0 Å². The Hall–Kier alpha value is -2.03. The Morgan fingerprint density at radius 2 is 1.54 bits per heavy atom. The lowest BCUT2D eigenvalue weighted by Gasteiger charge is -2.14. The molecule has 0 aromatic heterocycles. The van der Waals surface area contributed by atoms with E-state index in [9.17, 15) is 14.4 Å². The fourth-order valence-electron chi connectivity index (χ4n) is 1.94. The molecule has 0 aromatic rings. The number of carboxylic acids is 2. The first-order valence-corrected chi connectivity index (χ1v) is 7.62. The zero-order valence-corrected chi connectivity index (χ0v) is 14.4. The van der Waals surface area contributed by atoms with Crippen LogP contribution in [-0.2, 0) is 14.4 Å². The molecule has 10 heteroatoms. The highest BCUT2D eigenvalue weighted by atomic mass is 35.5. The van der Waals surface area contributed by atoms with Gasteiger partial charge in [-0.15, -0.1) is 12.4 Å². The summed E-state index contributed by atoms with van der Waals surface area (Å²) in [6.45, 7) is 0.311. The molecule has 0 saturated heterocycles. The smallest absolute Gasteiger partial charge is 0.326 e. The maximum Gasteiger partial charge on any atom is 0.326 e. The van der Waals surface area contributed by atoms with E-state index in [2.05, 4.69) is 10.3 Å². The predicted octanol–water partition coefficient (Wildman–Crippen LogP) is 0.456.